The first-order valence-corrected chi connectivity index (χ1v) is 3.68. The molecule has 0 saturated carbocycles. The van der Waals surface area contributed by atoms with Gasteiger partial charge in [-0.15, -0.1) is 24.8 Å². The van der Waals surface area contributed by atoms with Crippen LogP contribution in [0.3, 0.4) is 0 Å². The second-order valence-electron chi connectivity index (χ2n) is 2.46. The van der Waals surface area contributed by atoms with Crippen LogP contribution in [-0.2, 0) is 0 Å². The highest BCUT2D eigenvalue weighted by Crippen LogP contribution is 1.87. The molecule has 2 nitrogen and oxygen atoms in total. The predicted octanol–water partition coefficient (Wildman–Crippen LogP) is 1.52. The summed E-state index contributed by atoms with van der Waals surface area (Å²) in [6.07, 6.45) is 0. The van der Waals surface area contributed by atoms with Crippen LogP contribution in [0, 0.1) is 0 Å². The fourth-order valence-corrected chi connectivity index (χ4v) is 0.889. The SMILES string of the molecule is CCN(CC)CC(C)N.Cl.Cl. The molecule has 4 heteroatoms. The van der Waals surface area contributed by atoms with Gasteiger partial charge in [0.25, 0.3) is 0 Å². The van der Waals surface area contributed by atoms with Crippen LogP contribution in [-0.4, -0.2) is 30.6 Å². The van der Waals surface area contributed by atoms with E-state index in [1.807, 2.05) is 6.92 Å². The van der Waals surface area contributed by atoms with Crippen molar-refractivity contribution in [1.82, 2.24) is 4.90 Å². The fraction of sp³-hybridized carbons (Fsp3) is 1.00. The van der Waals surface area contributed by atoms with Crippen molar-refractivity contribution in [3.8, 4) is 0 Å². The van der Waals surface area contributed by atoms with E-state index in [-0.39, 0.29) is 24.8 Å². The summed E-state index contributed by atoms with van der Waals surface area (Å²) in [6, 6.07) is 0.310. The fourth-order valence-electron chi connectivity index (χ4n) is 0.889. The molecule has 0 bridgehead atoms. The van der Waals surface area contributed by atoms with Crippen LogP contribution in [0.4, 0.5) is 0 Å². The van der Waals surface area contributed by atoms with E-state index in [9.17, 15) is 0 Å². The topological polar surface area (TPSA) is 29.3 Å². The lowest BCUT2D eigenvalue weighted by molar-refractivity contribution is 0.289. The molecule has 0 fully saturated rings. The van der Waals surface area contributed by atoms with Crippen molar-refractivity contribution in [3.05, 3.63) is 0 Å². The Labute approximate surface area is 82.3 Å². The van der Waals surface area contributed by atoms with Crippen molar-refractivity contribution in [2.45, 2.75) is 26.8 Å². The first kappa shape index (κ1) is 17.5. The predicted molar refractivity (Wildman–Crippen MR) is 55.9 cm³/mol. The second kappa shape index (κ2) is 10.5. The van der Waals surface area contributed by atoms with Crippen LogP contribution in [0.15, 0.2) is 0 Å². The third-order valence-electron chi connectivity index (χ3n) is 1.44. The molecule has 0 amide bonds. The highest BCUT2D eigenvalue weighted by molar-refractivity contribution is 5.85. The Hall–Kier alpha value is 0.500. The van der Waals surface area contributed by atoms with Crippen molar-refractivity contribution in [2.75, 3.05) is 19.6 Å². The molecule has 0 heterocycles. The summed E-state index contributed by atoms with van der Waals surface area (Å²) in [7, 11) is 0. The molecule has 2 N–H and O–H groups in total. The van der Waals surface area contributed by atoms with E-state index in [4.69, 9.17) is 5.73 Å². The molecule has 0 aliphatic carbocycles. The minimum Gasteiger partial charge on any atom is -0.327 e. The first-order valence-electron chi connectivity index (χ1n) is 3.68. The Morgan fingerprint density at radius 1 is 1.18 bits per heavy atom. The number of likely N-dealkylation sites (N-methyl/N-ethyl adjacent to an activating group) is 1. The first-order chi connectivity index (χ1) is 4.20. The standard InChI is InChI=1S/C7H18N2.2ClH/c1-4-9(5-2)6-7(3)8;;/h7H,4-6,8H2,1-3H3;2*1H. The van der Waals surface area contributed by atoms with Crippen LogP contribution in [0.1, 0.15) is 20.8 Å². The third-order valence-corrected chi connectivity index (χ3v) is 1.44. The van der Waals surface area contributed by atoms with Crippen molar-refractivity contribution in [2.24, 2.45) is 5.73 Å². The highest BCUT2D eigenvalue weighted by atomic mass is 35.5. The summed E-state index contributed by atoms with van der Waals surface area (Å²) in [4.78, 5) is 2.32. The molecule has 0 aromatic heterocycles. The lowest BCUT2D eigenvalue weighted by Gasteiger charge is -2.19. The van der Waals surface area contributed by atoms with Crippen LogP contribution in [0.2, 0.25) is 0 Å². The van der Waals surface area contributed by atoms with E-state index in [1.165, 1.54) is 0 Å². The monoisotopic (exact) mass is 202 g/mol. The molecule has 0 radical (unpaired) electrons. The van der Waals surface area contributed by atoms with Crippen LogP contribution in [0.5, 0.6) is 0 Å². The Balaban J connectivity index is -0.000000320. The smallest absolute Gasteiger partial charge is 0.0139 e. The van der Waals surface area contributed by atoms with Crippen molar-refractivity contribution < 1.29 is 0 Å². The molecule has 1 atom stereocenters. The van der Waals surface area contributed by atoms with E-state index >= 15 is 0 Å². The van der Waals surface area contributed by atoms with E-state index in [0.29, 0.717) is 6.04 Å². The van der Waals surface area contributed by atoms with Gasteiger partial charge in [-0.1, -0.05) is 13.8 Å². The molecule has 0 aliphatic heterocycles. The minimum atomic E-state index is 0. The summed E-state index contributed by atoms with van der Waals surface area (Å²) in [5, 5.41) is 0. The number of rotatable bonds is 4. The van der Waals surface area contributed by atoms with Gasteiger partial charge in [-0.2, -0.15) is 0 Å². The maximum atomic E-state index is 5.60. The van der Waals surface area contributed by atoms with Gasteiger partial charge in [0.1, 0.15) is 0 Å². The van der Waals surface area contributed by atoms with Crippen molar-refractivity contribution in [1.29, 1.82) is 0 Å². The largest absolute Gasteiger partial charge is 0.327 e. The number of hydrogen-bond donors (Lipinski definition) is 1. The van der Waals surface area contributed by atoms with Crippen LogP contribution < -0.4 is 5.73 Å². The van der Waals surface area contributed by atoms with Gasteiger partial charge >= 0.3 is 0 Å². The molecule has 0 aromatic rings. The van der Waals surface area contributed by atoms with Gasteiger partial charge in [0.15, 0.2) is 0 Å². The summed E-state index contributed by atoms with van der Waals surface area (Å²) < 4.78 is 0. The normalized spacial score (nSPS) is 11.7. The molecule has 0 rings (SSSR count). The maximum absolute atomic E-state index is 5.60. The van der Waals surface area contributed by atoms with Gasteiger partial charge in [-0.3, -0.25) is 0 Å². The number of halogens is 2. The molecule has 72 valence electrons. The van der Waals surface area contributed by atoms with E-state index in [1.54, 1.807) is 0 Å². The molecule has 0 aromatic carbocycles. The Bertz CT molecular complexity index is 65.5. The summed E-state index contributed by atoms with van der Waals surface area (Å²) in [5.41, 5.74) is 5.60. The summed E-state index contributed by atoms with van der Waals surface area (Å²) in [5.74, 6) is 0. The van der Waals surface area contributed by atoms with Gasteiger partial charge in [0.2, 0.25) is 0 Å². The maximum Gasteiger partial charge on any atom is 0.0139 e. The van der Waals surface area contributed by atoms with Gasteiger partial charge in [0.05, 0.1) is 0 Å². The Morgan fingerprint density at radius 3 is 1.64 bits per heavy atom. The quantitative estimate of drug-likeness (QED) is 0.750. The van der Waals surface area contributed by atoms with Crippen LogP contribution in [0.25, 0.3) is 0 Å². The Kier molecular flexibility index (Phi) is 16.8. The summed E-state index contributed by atoms with van der Waals surface area (Å²) >= 11 is 0. The highest BCUT2D eigenvalue weighted by Gasteiger charge is 2.00. The zero-order valence-electron chi connectivity index (χ0n) is 7.54. The molecular formula is C7H20Cl2N2. The zero-order chi connectivity index (χ0) is 7.28. The lowest BCUT2D eigenvalue weighted by atomic mass is 10.3. The second-order valence-corrected chi connectivity index (χ2v) is 2.46. The molecule has 11 heavy (non-hydrogen) atoms. The zero-order valence-corrected chi connectivity index (χ0v) is 9.17. The summed E-state index contributed by atoms with van der Waals surface area (Å²) in [6.45, 7) is 9.60. The minimum absolute atomic E-state index is 0. The van der Waals surface area contributed by atoms with E-state index in [2.05, 4.69) is 18.7 Å². The van der Waals surface area contributed by atoms with Crippen molar-refractivity contribution >= 4 is 24.8 Å². The molecular weight excluding hydrogens is 183 g/mol. The van der Waals surface area contributed by atoms with Crippen molar-refractivity contribution in [3.63, 3.8) is 0 Å². The number of hydrogen-bond acceptors (Lipinski definition) is 2. The molecule has 0 saturated heterocycles. The average Bonchev–Trinajstić information content (AvgIpc) is 1.82. The Morgan fingerprint density at radius 2 is 1.55 bits per heavy atom. The van der Waals surface area contributed by atoms with Gasteiger partial charge in [-0.25, -0.2) is 0 Å². The van der Waals surface area contributed by atoms with Gasteiger partial charge in [0, 0.05) is 12.6 Å². The van der Waals surface area contributed by atoms with Crippen LogP contribution >= 0.6 is 24.8 Å². The lowest BCUT2D eigenvalue weighted by Crippen LogP contribution is -2.35. The molecule has 1 unspecified atom stereocenters. The molecule has 0 spiro atoms. The van der Waals surface area contributed by atoms with E-state index in [0.717, 1.165) is 19.6 Å². The van der Waals surface area contributed by atoms with E-state index < -0.39 is 0 Å². The average molecular weight is 203 g/mol. The van der Waals surface area contributed by atoms with Gasteiger partial charge < -0.3 is 10.6 Å². The third kappa shape index (κ3) is 10.5. The number of nitrogens with zero attached hydrogens (tertiary/aromatic N) is 1. The number of nitrogens with two attached hydrogens (primary N) is 1. The van der Waals surface area contributed by atoms with Gasteiger partial charge in [-0.05, 0) is 20.0 Å². The molecule has 0 aliphatic rings.